The van der Waals surface area contributed by atoms with Crippen molar-refractivity contribution in [2.24, 2.45) is 0 Å². The minimum absolute atomic E-state index is 0.000514. The molecule has 0 unspecified atom stereocenters. The number of piperazine rings is 1. The van der Waals surface area contributed by atoms with E-state index in [0.29, 0.717) is 42.3 Å². The highest BCUT2D eigenvalue weighted by Crippen LogP contribution is 2.29. The number of hydrogen-bond donors (Lipinski definition) is 1. The molecule has 2 aromatic carbocycles. The fourth-order valence-corrected chi connectivity index (χ4v) is 3.99. The molecule has 0 saturated carbocycles. The van der Waals surface area contributed by atoms with Crippen LogP contribution < -0.4 is 5.32 Å². The van der Waals surface area contributed by atoms with Crippen LogP contribution in [0.15, 0.2) is 54.6 Å². The Morgan fingerprint density at radius 3 is 2.27 bits per heavy atom. The number of carbonyl (C=O) groups excluding carboxylic acids is 3. The largest absolute Gasteiger partial charge is 0.336 e. The predicted molar refractivity (Wildman–Crippen MR) is 113 cm³/mol. The van der Waals surface area contributed by atoms with Crippen LogP contribution in [-0.2, 0) is 10.3 Å². The van der Waals surface area contributed by atoms with Gasteiger partial charge in [-0.2, -0.15) is 0 Å². The average Bonchev–Trinajstić information content (AvgIpc) is 2.98. The Morgan fingerprint density at radius 2 is 1.63 bits per heavy atom. The lowest BCUT2D eigenvalue weighted by atomic mass is 9.92. The fourth-order valence-electron chi connectivity index (χ4n) is 3.86. The number of carbonyl (C=O) groups is 3. The van der Waals surface area contributed by atoms with Gasteiger partial charge < -0.3 is 10.2 Å². The summed E-state index contributed by atoms with van der Waals surface area (Å²) in [5.41, 5.74) is 0.233. The highest BCUT2D eigenvalue weighted by molar-refractivity contribution is 6.30. The second-order valence-corrected chi connectivity index (χ2v) is 8.15. The van der Waals surface area contributed by atoms with Crippen molar-refractivity contribution in [2.45, 2.75) is 12.5 Å². The van der Waals surface area contributed by atoms with E-state index in [4.69, 9.17) is 11.6 Å². The molecule has 0 aromatic heterocycles. The van der Waals surface area contributed by atoms with E-state index >= 15 is 0 Å². The van der Waals surface area contributed by atoms with E-state index in [-0.39, 0.29) is 18.5 Å². The summed E-state index contributed by atoms with van der Waals surface area (Å²) in [7, 11) is 0. The molecule has 8 heteroatoms. The van der Waals surface area contributed by atoms with Gasteiger partial charge in [0.25, 0.3) is 11.8 Å². The van der Waals surface area contributed by atoms with Crippen molar-refractivity contribution in [1.29, 1.82) is 0 Å². The lowest BCUT2D eigenvalue weighted by Crippen LogP contribution is -2.52. The van der Waals surface area contributed by atoms with E-state index in [2.05, 4.69) is 5.32 Å². The first-order valence-corrected chi connectivity index (χ1v) is 10.2. The maximum atomic E-state index is 13.1. The predicted octanol–water partition coefficient (Wildman–Crippen LogP) is 2.52. The van der Waals surface area contributed by atoms with Gasteiger partial charge in [0.05, 0.1) is 6.67 Å². The molecule has 4 rings (SSSR count). The number of rotatable bonds is 4. The van der Waals surface area contributed by atoms with Crippen LogP contribution in [0.5, 0.6) is 0 Å². The fraction of sp³-hybridized carbons (Fsp3) is 0.318. The third-order valence-corrected chi connectivity index (χ3v) is 5.97. The van der Waals surface area contributed by atoms with E-state index in [9.17, 15) is 14.4 Å². The molecule has 0 radical (unpaired) electrons. The zero-order valence-electron chi connectivity index (χ0n) is 16.7. The number of nitrogens with one attached hydrogen (secondary N) is 1. The molecule has 2 heterocycles. The Kier molecular flexibility index (Phi) is 5.49. The Morgan fingerprint density at radius 1 is 1.00 bits per heavy atom. The van der Waals surface area contributed by atoms with Crippen molar-refractivity contribution >= 4 is 29.4 Å². The van der Waals surface area contributed by atoms with E-state index in [1.54, 1.807) is 48.2 Å². The zero-order valence-corrected chi connectivity index (χ0v) is 17.4. The summed E-state index contributed by atoms with van der Waals surface area (Å²) in [4.78, 5) is 43.3. The molecule has 2 aliphatic rings. The van der Waals surface area contributed by atoms with Gasteiger partial charge in [0.1, 0.15) is 5.54 Å². The topological polar surface area (TPSA) is 73.0 Å². The number of nitrogens with zero attached hydrogens (tertiary/aromatic N) is 3. The Balaban J connectivity index is 1.38. The van der Waals surface area contributed by atoms with Crippen LogP contribution in [-0.4, -0.2) is 65.4 Å². The zero-order chi connectivity index (χ0) is 21.3. The molecule has 4 amide bonds. The summed E-state index contributed by atoms with van der Waals surface area (Å²) >= 11 is 5.94. The molecule has 1 N–H and O–H groups in total. The summed E-state index contributed by atoms with van der Waals surface area (Å²) in [5.74, 6) is -0.293. The number of amides is 4. The van der Waals surface area contributed by atoms with Gasteiger partial charge in [-0.15, -0.1) is 0 Å². The van der Waals surface area contributed by atoms with Crippen LogP contribution in [0.3, 0.4) is 0 Å². The van der Waals surface area contributed by atoms with Gasteiger partial charge in [-0.1, -0.05) is 41.9 Å². The maximum absolute atomic E-state index is 13.1. The molecule has 2 saturated heterocycles. The third kappa shape index (κ3) is 3.78. The van der Waals surface area contributed by atoms with Crippen LogP contribution in [0.4, 0.5) is 4.79 Å². The van der Waals surface area contributed by atoms with Crippen LogP contribution in [0.2, 0.25) is 5.02 Å². The van der Waals surface area contributed by atoms with Crippen molar-refractivity contribution in [3.8, 4) is 0 Å². The van der Waals surface area contributed by atoms with Crippen molar-refractivity contribution in [1.82, 2.24) is 20.0 Å². The second-order valence-electron chi connectivity index (χ2n) is 7.71. The average molecular weight is 427 g/mol. The first kappa shape index (κ1) is 20.4. The summed E-state index contributed by atoms with van der Waals surface area (Å²) in [5, 5.41) is 3.38. The molecule has 2 aliphatic heterocycles. The van der Waals surface area contributed by atoms with Crippen LogP contribution in [0.25, 0.3) is 0 Å². The van der Waals surface area contributed by atoms with Crippen LogP contribution >= 0.6 is 11.6 Å². The van der Waals surface area contributed by atoms with E-state index in [0.717, 1.165) is 0 Å². The Labute approximate surface area is 180 Å². The highest BCUT2D eigenvalue weighted by atomic mass is 35.5. The van der Waals surface area contributed by atoms with Crippen LogP contribution in [0, 0.1) is 0 Å². The summed E-state index contributed by atoms with van der Waals surface area (Å²) in [6, 6.07) is 15.7. The van der Waals surface area contributed by atoms with Crippen molar-refractivity contribution in [3.63, 3.8) is 0 Å². The lowest BCUT2D eigenvalue weighted by molar-refractivity contribution is -0.132. The Hall–Kier alpha value is -2.90. The van der Waals surface area contributed by atoms with Crippen molar-refractivity contribution in [2.75, 3.05) is 32.8 Å². The molecule has 156 valence electrons. The molecule has 0 bridgehead atoms. The van der Waals surface area contributed by atoms with Gasteiger partial charge in [0.2, 0.25) is 0 Å². The van der Waals surface area contributed by atoms with Gasteiger partial charge in [0, 0.05) is 36.8 Å². The SMILES string of the molecule is C[C@@]1(c2ccc(Cl)cc2)NC(=O)N(CN2CCN(C(=O)c3ccccc3)CC2)C1=O. The minimum Gasteiger partial charge on any atom is -0.336 e. The molecule has 0 aliphatic carbocycles. The minimum atomic E-state index is -1.12. The summed E-state index contributed by atoms with van der Waals surface area (Å²) < 4.78 is 0. The lowest BCUT2D eigenvalue weighted by Gasteiger charge is -2.36. The standard InChI is InChI=1S/C22H23ClN4O3/c1-22(17-7-9-18(23)10-8-17)20(29)27(21(30)24-22)15-25-11-13-26(14-12-25)19(28)16-5-3-2-4-6-16/h2-10H,11-15H2,1H3,(H,24,30)/t22-/m0/s1. The Bertz CT molecular complexity index is 958. The summed E-state index contributed by atoms with van der Waals surface area (Å²) in [6.45, 7) is 4.17. The van der Waals surface area contributed by atoms with Gasteiger partial charge in [-0.25, -0.2) is 9.69 Å². The molecule has 2 fully saturated rings. The summed E-state index contributed by atoms with van der Waals surface area (Å²) in [6.07, 6.45) is 0. The maximum Gasteiger partial charge on any atom is 0.326 e. The monoisotopic (exact) mass is 426 g/mol. The number of imide groups is 1. The third-order valence-electron chi connectivity index (χ3n) is 5.72. The highest BCUT2D eigenvalue weighted by Gasteiger charge is 2.49. The number of hydrogen-bond acceptors (Lipinski definition) is 4. The normalized spacial score (nSPS) is 22.3. The van der Waals surface area contributed by atoms with Gasteiger partial charge in [-0.05, 0) is 36.8 Å². The van der Waals surface area contributed by atoms with E-state index < -0.39 is 11.6 Å². The number of benzene rings is 2. The van der Waals surface area contributed by atoms with Crippen molar-refractivity contribution in [3.05, 3.63) is 70.7 Å². The van der Waals surface area contributed by atoms with Crippen molar-refractivity contribution < 1.29 is 14.4 Å². The van der Waals surface area contributed by atoms with E-state index in [1.165, 1.54) is 4.90 Å². The quantitative estimate of drug-likeness (QED) is 0.762. The van der Waals surface area contributed by atoms with Gasteiger partial charge in [0.15, 0.2) is 0 Å². The smallest absolute Gasteiger partial charge is 0.326 e. The molecular weight excluding hydrogens is 404 g/mol. The van der Waals surface area contributed by atoms with Gasteiger partial charge in [-0.3, -0.25) is 14.5 Å². The first-order valence-electron chi connectivity index (χ1n) is 9.85. The number of halogens is 1. The number of urea groups is 1. The molecule has 7 nitrogen and oxygen atoms in total. The molecule has 0 spiro atoms. The second kappa shape index (κ2) is 8.08. The van der Waals surface area contributed by atoms with E-state index in [1.807, 2.05) is 23.1 Å². The van der Waals surface area contributed by atoms with Gasteiger partial charge >= 0.3 is 6.03 Å². The molecule has 2 aromatic rings. The first-order chi connectivity index (χ1) is 14.4. The molecule has 1 atom stereocenters. The molecule has 30 heavy (non-hydrogen) atoms. The molecular formula is C22H23ClN4O3. The van der Waals surface area contributed by atoms with Crippen LogP contribution in [0.1, 0.15) is 22.8 Å².